The predicted octanol–water partition coefficient (Wildman–Crippen LogP) is 4.05. The van der Waals surface area contributed by atoms with Crippen molar-refractivity contribution >= 4 is 38.9 Å². The Morgan fingerprint density at radius 2 is 2.20 bits per heavy atom. The fraction of sp³-hybridized carbons (Fsp3) is 0.111. The summed E-state index contributed by atoms with van der Waals surface area (Å²) >= 11 is 10.7. The Hall–Kier alpha value is -0.650. The Kier molecular flexibility index (Phi) is 3.23. The van der Waals surface area contributed by atoms with E-state index in [1.54, 1.807) is 12.1 Å². The van der Waals surface area contributed by atoms with Crippen LogP contribution >= 0.6 is 38.9 Å². The van der Waals surface area contributed by atoms with Gasteiger partial charge in [-0.2, -0.15) is 0 Å². The molecule has 0 saturated carbocycles. The van der Waals surface area contributed by atoms with Gasteiger partial charge in [-0.3, -0.25) is 0 Å². The summed E-state index contributed by atoms with van der Waals surface area (Å²) in [6.45, 7) is 1.87. The minimum atomic E-state index is 0.493. The number of ether oxygens (including phenoxy) is 1. The first kappa shape index (κ1) is 10.9. The second-order valence-corrected chi connectivity index (χ2v) is 5.23. The minimum Gasteiger partial charge on any atom is -0.428 e. The lowest BCUT2D eigenvalue weighted by atomic mass is 10.3. The van der Waals surface area contributed by atoms with Crippen molar-refractivity contribution in [2.75, 3.05) is 0 Å². The number of aromatic nitrogens is 2. The second kappa shape index (κ2) is 4.47. The number of benzene rings is 1. The molecule has 1 aromatic carbocycles. The van der Waals surface area contributed by atoms with Crippen molar-refractivity contribution in [3.05, 3.63) is 32.7 Å². The van der Waals surface area contributed by atoms with Gasteiger partial charge in [0, 0.05) is 4.47 Å². The molecule has 1 heterocycles. The summed E-state index contributed by atoms with van der Waals surface area (Å²) in [6, 6.07) is 5.40. The summed E-state index contributed by atoms with van der Waals surface area (Å²) in [4.78, 5) is 0. The molecule has 0 unspecified atom stereocenters. The highest BCUT2D eigenvalue weighted by atomic mass is 79.9. The van der Waals surface area contributed by atoms with E-state index in [1.807, 2.05) is 13.0 Å². The quantitative estimate of drug-likeness (QED) is 0.839. The van der Waals surface area contributed by atoms with Crippen LogP contribution in [0, 0.1) is 6.92 Å². The largest absolute Gasteiger partial charge is 0.428 e. The normalized spacial score (nSPS) is 10.3. The van der Waals surface area contributed by atoms with Crippen molar-refractivity contribution in [2.24, 2.45) is 0 Å². The Morgan fingerprint density at radius 1 is 1.40 bits per heavy atom. The topological polar surface area (TPSA) is 35.0 Å². The average Bonchev–Trinajstić information content (AvgIpc) is 2.58. The maximum Gasteiger partial charge on any atom is 0.299 e. The van der Waals surface area contributed by atoms with E-state index in [0.717, 1.165) is 9.48 Å². The number of hydrogen-bond acceptors (Lipinski definition) is 4. The molecule has 2 aromatic rings. The van der Waals surface area contributed by atoms with Crippen LogP contribution in [-0.4, -0.2) is 10.2 Å². The summed E-state index contributed by atoms with van der Waals surface area (Å²) in [5, 5.41) is 9.61. The predicted molar refractivity (Wildman–Crippen MR) is 63.9 cm³/mol. The maximum atomic E-state index is 5.96. The Labute approximate surface area is 104 Å². The molecule has 0 amide bonds. The smallest absolute Gasteiger partial charge is 0.299 e. The Balaban J connectivity index is 2.27. The fourth-order valence-corrected chi connectivity index (χ4v) is 2.01. The van der Waals surface area contributed by atoms with Gasteiger partial charge in [0.15, 0.2) is 0 Å². The van der Waals surface area contributed by atoms with E-state index in [4.69, 9.17) is 16.3 Å². The lowest BCUT2D eigenvalue weighted by molar-refractivity contribution is 0.473. The zero-order valence-corrected chi connectivity index (χ0v) is 10.9. The van der Waals surface area contributed by atoms with Crippen molar-refractivity contribution in [2.45, 2.75) is 6.92 Å². The lowest BCUT2D eigenvalue weighted by Crippen LogP contribution is -1.84. The molecule has 0 aliphatic rings. The van der Waals surface area contributed by atoms with Gasteiger partial charge in [0.2, 0.25) is 0 Å². The Bertz CT molecular complexity index is 489. The molecule has 0 aliphatic carbocycles. The van der Waals surface area contributed by atoms with Crippen LogP contribution in [0.2, 0.25) is 5.02 Å². The van der Waals surface area contributed by atoms with Gasteiger partial charge >= 0.3 is 0 Å². The molecule has 15 heavy (non-hydrogen) atoms. The SMILES string of the molecule is Cc1nnc(Oc2cc(Br)ccc2Cl)s1. The van der Waals surface area contributed by atoms with Crippen molar-refractivity contribution in [1.29, 1.82) is 0 Å². The molecular formula is C9H6BrClN2OS. The monoisotopic (exact) mass is 304 g/mol. The van der Waals surface area contributed by atoms with Crippen LogP contribution in [0.3, 0.4) is 0 Å². The zero-order chi connectivity index (χ0) is 10.8. The van der Waals surface area contributed by atoms with Gasteiger partial charge in [-0.05, 0) is 25.1 Å². The van der Waals surface area contributed by atoms with Crippen molar-refractivity contribution in [1.82, 2.24) is 10.2 Å². The van der Waals surface area contributed by atoms with E-state index in [-0.39, 0.29) is 0 Å². The van der Waals surface area contributed by atoms with Crippen molar-refractivity contribution in [3.8, 4) is 10.9 Å². The molecule has 0 bridgehead atoms. The van der Waals surface area contributed by atoms with Gasteiger partial charge in [0.25, 0.3) is 5.19 Å². The number of nitrogens with zero attached hydrogens (tertiary/aromatic N) is 2. The molecule has 0 N–H and O–H groups in total. The minimum absolute atomic E-state index is 0.493. The van der Waals surface area contributed by atoms with Gasteiger partial charge in [-0.25, -0.2) is 0 Å². The number of aryl methyl sites for hydroxylation is 1. The van der Waals surface area contributed by atoms with Crippen LogP contribution in [-0.2, 0) is 0 Å². The third-order valence-electron chi connectivity index (χ3n) is 1.60. The maximum absolute atomic E-state index is 5.96. The highest BCUT2D eigenvalue weighted by Gasteiger charge is 2.07. The molecule has 0 atom stereocenters. The summed E-state index contributed by atoms with van der Waals surface area (Å²) in [6.07, 6.45) is 0. The van der Waals surface area contributed by atoms with Crippen LogP contribution in [0.15, 0.2) is 22.7 Å². The molecule has 0 saturated heterocycles. The van der Waals surface area contributed by atoms with E-state index in [9.17, 15) is 0 Å². The van der Waals surface area contributed by atoms with Gasteiger partial charge in [-0.15, -0.1) is 5.10 Å². The van der Waals surface area contributed by atoms with Gasteiger partial charge in [0.1, 0.15) is 10.8 Å². The van der Waals surface area contributed by atoms with Crippen LogP contribution in [0.25, 0.3) is 0 Å². The standard InChI is InChI=1S/C9H6BrClN2OS/c1-5-12-13-9(15-5)14-8-4-6(10)2-3-7(8)11/h2-4H,1H3. The van der Waals surface area contributed by atoms with Crippen LogP contribution < -0.4 is 4.74 Å². The average molecular weight is 306 g/mol. The molecule has 0 fully saturated rings. The second-order valence-electron chi connectivity index (χ2n) is 2.76. The highest BCUT2D eigenvalue weighted by molar-refractivity contribution is 9.10. The number of halogens is 2. The fourth-order valence-electron chi connectivity index (χ4n) is 0.969. The number of rotatable bonds is 2. The lowest BCUT2D eigenvalue weighted by Gasteiger charge is -2.03. The molecule has 3 nitrogen and oxygen atoms in total. The first-order valence-electron chi connectivity index (χ1n) is 4.08. The first-order valence-corrected chi connectivity index (χ1v) is 6.07. The summed E-state index contributed by atoms with van der Waals surface area (Å²) in [5.74, 6) is 0.571. The van der Waals surface area contributed by atoms with Crippen LogP contribution in [0.4, 0.5) is 0 Å². The molecule has 0 spiro atoms. The molecule has 0 radical (unpaired) electrons. The van der Waals surface area contributed by atoms with E-state index in [1.165, 1.54) is 11.3 Å². The van der Waals surface area contributed by atoms with E-state index in [0.29, 0.717) is 16.0 Å². The third kappa shape index (κ3) is 2.68. The van der Waals surface area contributed by atoms with Crippen LogP contribution in [0.1, 0.15) is 5.01 Å². The molecule has 78 valence electrons. The third-order valence-corrected chi connectivity index (χ3v) is 3.12. The van der Waals surface area contributed by atoms with Crippen LogP contribution in [0.5, 0.6) is 10.9 Å². The number of hydrogen-bond donors (Lipinski definition) is 0. The summed E-state index contributed by atoms with van der Waals surface area (Å²) in [7, 11) is 0. The van der Waals surface area contributed by atoms with Gasteiger partial charge in [0.05, 0.1) is 5.02 Å². The molecule has 2 rings (SSSR count). The summed E-state index contributed by atoms with van der Waals surface area (Å²) < 4.78 is 6.40. The highest BCUT2D eigenvalue weighted by Crippen LogP contribution is 2.32. The van der Waals surface area contributed by atoms with E-state index < -0.39 is 0 Å². The summed E-state index contributed by atoms with van der Waals surface area (Å²) in [5.41, 5.74) is 0. The van der Waals surface area contributed by atoms with E-state index >= 15 is 0 Å². The zero-order valence-electron chi connectivity index (χ0n) is 7.70. The van der Waals surface area contributed by atoms with Gasteiger partial charge in [-0.1, -0.05) is 44.0 Å². The van der Waals surface area contributed by atoms with Crippen molar-refractivity contribution < 1.29 is 4.74 Å². The Morgan fingerprint density at radius 3 is 2.87 bits per heavy atom. The first-order chi connectivity index (χ1) is 7.15. The van der Waals surface area contributed by atoms with E-state index in [2.05, 4.69) is 26.1 Å². The van der Waals surface area contributed by atoms with Crippen molar-refractivity contribution in [3.63, 3.8) is 0 Å². The molecule has 1 aromatic heterocycles. The molecule has 0 aliphatic heterocycles. The molecule has 6 heteroatoms. The van der Waals surface area contributed by atoms with Gasteiger partial charge < -0.3 is 4.74 Å². The molecular weight excluding hydrogens is 300 g/mol.